The van der Waals surface area contributed by atoms with Crippen molar-refractivity contribution in [1.82, 2.24) is 15.0 Å². The molecule has 56 heavy (non-hydrogen) atoms. The summed E-state index contributed by atoms with van der Waals surface area (Å²) in [7, 11) is 0. The van der Waals surface area contributed by atoms with Gasteiger partial charge in [0, 0.05) is 38.4 Å². The molecule has 10 rings (SSSR count). The summed E-state index contributed by atoms with van der Waals surface area (Å²) >= 11 is 0. The van der Waals surface area contributed by atoms with Gasteiger partial charge >= 0.3 is 0 Å². The maximum atomic E-state index is 5.27. The Balaban J connectivity index is 1.08. The van der Waals surface area contributed by atoms with Crippen LogP contribution < -0.4 is 0 Å². The van der Waals surface area contributed by atoms with E-state index in [2.05, 4.69) is 200 Å². The second-order valence-electron chi connectivity index (χ2n) is 14.0. The molecule has 262 valence electrons. The zero-order valence-electron chi connectivity index (χ0n) is 30.5. The zero-order valence-corrected chi connectivity index (χ0v) is 30.5. The number of hydrogen-bond acceptors (Lipinski definition) is 3. The van der Waals surface area contributed by atoms with Crippen LogP contribution in [0.1, 0.15) is 0 Å². The predicted octanol–water partition coefficient (Wildman–Crippen LogP) is 13.8. The first-order chi connectivity index (χ1) is 27.7. The third-order valence-electron chi connectivity index (χ3n) is 10.5. The molecule has 0 saturated carbocycles. The van der Waals surface area contributed by atoms with E-state index in [1.807, 2.05) is 12.1 Å². The van der Waals surface area contributed by atoms with Crippen LogP contribution in [-0.4, -0.2) is 15.0 Å². The lowest BCUT2D eigenvalue weighted by Gasteiger charge is -2.15. The van der Waals surface area contributed by atoms with Crippen molar-refractivity contribution in [2.24, 2.45) is 0 Å². The molecule has 0 radical (unpaired) electrons. The Kier molecular flexibility index (Phi) is 8.51. The third kappa shape index (κ3) is 6.31. The van der Waals surface area contributed by atoms with Gasteiger partial charge in [-0.1, -0.05) is 188 Å². The Bertz CT molecular complexity index is 2980. The number of nitrogens with zero attached hydrogens (tertiary/aromatic N) is 3. The first kappa shape index (κ1) is 33.1. The van der Waals surface area contributed by atoms with Gasteiger partial charge in [-0.2, -0.15) is 0 Å². The highest BCUT2D eigenvalue weighted by atomic mass is 14.9. The molecule has 0 spiro atoms. The molecule has 0 unspecified atom stereocenters. The number of benzene rings is 8. The van der Waals surface area contributed by atoms with E-state index in [0.717, 1.165) is 77.9 Å². The highest BCUT2D eigenvalue weighted by molar-refractivity contribution is 6.17. The summed E-state index contributed by atoms with van der Waals surface area (Å²) in [4.78, 5) is 15.5. The SMILES string of the molecule is c1ccc(-c2cccc(-c3nc(-c4ccccc4)cc(-c4ccc(-c5ccc6nc(-c7ccccc7)c7cccc(-c8ccccc8)c7c6c5)cc4)n3)c2)cc1. The molecule has 3 heteroatoms. The van der Waals surface area contributed by atoms with Crippen molar-refractivity contribution in [1.29, 1.82) is 0 Å². The number of hydrogen-bond donors (Lipinski definition) is 0. The smallest absolute Gasteiger partial charge is 0.160 e. The van der Waals surface area contributed by atoms with Gasteiger partial charge in [-0.3, -0.25) is 0 Å². The van der Waals surface area contributed by atoms with Crippen LogP contribution in [0, 0.1) is 0 Å². The van der Waals surface area contributed by atoms with Crippen LogP contribution >= 0.6 is 0 Å². The van der Waals surface area contributed by atoms with Crippen molar-refractivity contribution < 1.29 is 0 Å². The molecule has 0 aliphatic carbocycles. The van der Waals surface area contributed by atoms with E-state index < -0.39 is 0 Å². The predicted molar refractivity (Wildman–Crippen MR) is 233 cm³/mol. The maximum Gasteiger partial charge on any atom is 0.160 e. The van der Waals surface area contributed by atoms with Crippen LogP contribution in [-0.2, 0) is 0 Å². The van der Waals surface area contributed by atoms with Crippen molar-refractivity contribution in [2.75, 3.05) is 0 Å². The molecule has 0 saturated heterocycles. The summed E-state index contributed by atoms with van der Waals surface area (Å²) in [6.07, 6.45) is 0. The fourth-order valence-corrected chi connectivity index (χ4v) is 7.69. The van der Waals surface area contributed by atoms with E-state index in [1.54, 1.807) is 0 Å². The average Bonchev–Trinajstić information content (AvgIpc) is 3.29. The molecule has 8 aromatic carbocycles. The van der Waals surface area contributed by atoms with Crippen molar-refractivity contribution in [2.45, 2.75) is 0 Å². The molecule has 0 amide bonds. The zero-order chi connectivity index (χ0) is 37.3. The summed E-state index contributed by atoms with van der Waals surface area (Å²) in [5.74, 6) is 0.696. The topological polar surface area (TPSA) is 38.7 Å². The van der Waals surface area contributed by atoms with E-state index in [-0.39, 0.29) is 0 Å². The molecular formula is C53H35N3. The third-order valence-corrected chi connectivity index (χ3v) is 10.5. The number of pyridine rings is 1. The molecule has 2 heterocycles. The van der Waals surface area contributed by atoms with Crippen LogP contribution in [0.4, 0.5) is 0 Å². The quantitative estimate of drug-likeness (QED) is 0.154. The second-order valence-corrected chi connectivity index (χ2v) is 14.0. The highest BCUT2D eigenvalue weighted by Crippen LogP contribution is 2.40. The molecule has 2 aromatic heterocycles. The first-order valence-electron chi connectivity index (χ1n) is 18.9. The van der Waals surface area contributed by atoms with Crippen molar-refractivity contribution in [3.05, 3.63) is 212 Å². The summed E-state index contributed by atoms with van der Waals surface area (Å²) in [5, 5.41) is 3.48. The van der Waals surface area contributed by atoms with Crippen LogP contribution in [0.2, 0.25) is 0 Å². The van der Waals surface area contributed by atoms with E-state index >= 15 is 0 Å². The summed E-state index contributed by atoms with van der Waals surface area (Å²) in [6.45, 7) is 0. The molecule has 0 aliphatic heterocycles. The fourth-order valence-electron chi connectivity index (χ4n) is 7.69. The molecule has 0 N–H and O–H groups in total. The normalized spacial score (nSPS) is 11.2. The van der Waals surface area contributed by atoms with Gasteiger partial charge in [0.15, 0.2) is 5.82 Å². The van der Waals surface area contributed by atoms with Gasteiger partial charge in [-0.25, -0.2) is 15.0 Å². The Morgan fingerprint density at radius 3 is 1.43 bits per heavy atom. The van der Waals surface area contributed by atoms with Crippen molar-refractivity contribution in [3.8, 4) is 78.5 Å². The van der Waals surface area contributed by atoms with Crippen molar-refractivity contribution in [3.63, 3.8) is 0 Å². The van der Waals surface area contributed by atoms with Gasteiger partial charge in [-0.15, -0.1) is 0 Å². The average molecular weight is 714 g/mol. The van der Waals surface area contributed by atoms with Gasteiger partial charge in [0.05, 0.1) is 22.6 Å². The Labute approximate surface area is 326 Å². The molecule has 10 aromatic rings. The van der Waals surface area contributed by atoms with Crippen LogP contribution in [0.25, 0.3) is 100 Å². The lowest BCUT2D eigenvalue weighted by molar-refractivity contribution is 1.18. The second kappa shape index (κ2) is 14.4. The first-order valence-corrected chi connectivity index (χ1v) is 18.9. The molecule has 0 aliphatic rings. The molecule has 0 fully saturated rings. The van der Waals surface area contributed by atoms with Crippen LogP contribution in [0.5, 0.6) is 0 Å². The van der Waals surface area contributed by atoms with E-state index in [9.17, 15) is 0 Å². The Hall–Kier alpha value is -7.49. The maximum absolute atomic E-state index is 5.27. The number of rotatable bonds is 7. The Morgan fingerprint density at radius 2 is 0.750 bits per heavy atom. The Morgan fingerprint density at radius 1 is 0.268 bits per heavy atom. The van der Waals surface area contributed by atoms with Gasteiger partial charge in [0.25, 0.3) is 0 Å². The minimum absolute atomic E-state index is 0.696. The molecule has 0 bridgehead atoms. The lowest BCUT2D eigenvalue weighted by atomic mass is 9.91. The highest BCUT2D eigenvalue weighted by Gasteiger charge is 2.16. The van der Waals surface area contributed by atoms with Gasteiger partial charge in [-0.05, 0) is 57.6 Å². The fraction of sp³-hybridized carbons (Fsp3) is 0. The minimum Gasteiger partial charge on any atom is -0.247 e. The van der Waals surface area contributed by atoms with Gasteiger partial charge < -0.3 is 0 Å². The van der Waals surface area contributed by atoms with Crippen LogP contribution in [0.15, 0.2) is 212 Å². The summed E-state index contributed by atoms with van der Waals surface area (Å²) in [6, 6.07) is 74.5. The number of fused-ring (bicyclic) bond motifs is 3. The summed E-state index contributed by atoms with van der Waals surface area (Å²) in [5.41, 5.74) is 14.8. The van der Waals surface area contributed by atoms with E-state index in [1.165, 1.54) is 16.5 Å². The molecule has 3 nitrogen and oxygen atoms in total. The number of aromatic nitrogens is 3. The lowest BCUT2D eigenvalue weighted by Crippen LogP contribution is -1.96. The summed E-state index contributed by atoms with van der Waals surface area (Å²) < 4.78 is 0. The standard InChI is InChI=1S/C53H35N3/c1-5-15-36(16-6-1)42-23-13-24-44(33-42)53-55-49(39-19-9-3-10-20-39)35-50(56-53)40-29-27-37(28-30-40)43-31-32-48-47(34-43)51-45(38-17-7-2-8-18-38)25-14-26-46(51)52(54-48)41-21-11-4-12-22-41/h1-35H. The van der Waals surface area contributed by atoms with Crippen LogP contribution in [0.3, 0.4) is 0 Å². The molecular weight excluding hydrogens is 679 g/mol. The van der Waals surface area contributed by atoms with E-state index in [4.69, 9.17) is 15.0 Å². The van der Waals surface area contributed by atoms with Crippen molar-refractivity contribution >= 4 is 21.7 Å². The van der Waals surface area contributed by atoms with Gasteiger partial charge in [0.2, 0.25) is 0 Å². The van der Waals surface area contributed by atoms with E-state index in [0.29, 0.717) is 5.82 Å². The minimum atomic E-state index is 0.696. The molecule has 0 atom stereocenters. The monoisotopic (exact) mass is 713 g/mol. The largest absolute Gasteiger partial charge is 0.247 e. The van der Waals surface area contributed by atoms with Gasteiger partial charge in [0.1, 0.15) is 0 Å².